The number of amidine groups is 1. The zero-order valence-electron chi connectivity index (χ0n) is 12.4. The van der Waals surface area contributed by atoms with Crippen molar-refractivity contribution in [3.63, 3.8) is 0 Å². The lowest BCUT2D eigenvalue weighted by molar-refractivity contribution is 0.241. The third-order valence-electron chi connectivity index (χ3n) is 2.97. The Bertz CT molecular complexity index is 449. The fraction of sp³-hybridized carbons (Fsp3) is 0.533. The van der Waals surface area contributed by atoms with E-state index in [4.69, 9.17) is 15.9 Å². The molecule has 0 saturated heterocycles. The van der Waals surface area contributed by atoms with Crippen LogP contribution in [0.25, 0.3) is 0 Å². The first-order valence-corrected chi connectivity index (χ1v) is 7.59. The fourth-order valence-electron chi connectivity index (χ4n) is 2.07. The van der Waals surface area contributed by atoms with Crippen molar-refractivity contribution in [3.8, 4) is 5.75 Å². The van der Waals surface area contributed by atoms with Crippen molar-refractivity contribution in [2.45, 2.75) is 26.8 Å². The van der Waals surface area contributed by atoms with Crippen LogP contribution in [-0.2, 0) is 6.54 Å². The van der Waals surface area contributed by atoms with E-state index in [0.717, 1.165) is 29.9 Å². The van der Waals surface area contributed by atoms with Gasteiger partial charge < -0.3 is 10.5 Å². The van der Waals surface area contributed by atoms with Crippen LogP contribution < -0.4 is 10.5 Å². The zero-order valence-corrected chi connectivity index (χ0v) is 14.0. The highest BCUT2D eigenvalue weighted by Gasteiger charge is 2.11. The molecule has 0 spiro atoms. The first-order valence-electron chi connectivity index (χ1n) is 6.80. The van der Waals surface area contributed by atoms with Crippen LogP contribution in [-0.4, -0.2) is 30.9 Å². The number of nitrogens with two attached hydrogens (primary N) is 1. The van der Waals surface area contributed by atoms with Crippen molar-refractivity contribution in [1.29, 1.82) is 5.41 Å². The standard InChI is InChI=1S/C15H24BrN3O/c1-11(2)9-19(7-6-15(17)18)10-12-8-13(20-3)4-5-14(12)16/h4-5,8,11H,6-7,9-10H2,1-3H3,(H3,17,18). The minimum Gasteiger partial charge on any atom is -0.497 e. The summed E-state index contributed by atoms with van der Waals surface area (Å²) in [5, 5.41) is 7.38. The van der Waals surface area contributed by atoms with Gasteiger partial charge in [-0.05, 0) is 29.7 Å². The summed E-state index contributed by atoms with van der Waals surface area (Å²) >= 11 is 3.59. The molecule has 3 N–H and O–H groups in total. The molecule has 0 aliphatic heterocycles. The predicted octanol–water partition coefficient (Wildman–Crippen LogP) is 3.24. The average molecular weight is 342 g/mol. The van der Waals surface area contributed by atoms with Crippen LogP contribution in [0.4, 0.5) is 0 Å². The Hall–Kier alpha value is -1.07. The Kier molecular flexibility index (Phi) is 7.02. The minimum atomic E-state index is 0.239. The first-order chi connectivity index (χ1) is 9.42. The minimum absolute atomic E-state index is 0.239. The number of hydrogen-bond acceptors (Lipinski definition) is 3. The van der Waals surface area contributed by atoms with Gasteiger partial charge in [0, 0.05) is 30.5 Å². The van der Waals surface area contributed by atoms with Crippen molar-refractivity contribution in [3.05, 3.63) is 28.2 Å². The van der Waals surface area contributed by atoms with Gasteiger partial charge in [-0.3, -0.25) is 10.3 Å². The van der Waals surface area contributed by atoms with Gasteiger partial charge in [-0.15, -0.1) is 0 Å². The lowest BCUT2D eigenvalue weighted by atomic mass is 10.1. The molecule has 0 heterocycles. The summed E-state index contributed by atoms with van der Waals surface area (Å²) in [6.45, 7) is 7.00. The van der Waals surface area contributed by atoms with Gasteiger partial charge >= 0.3 is 0 Å². The number of halogens is 1. The molecule has 1 aromatic carbocycles. The summed E-state index contributed by atoms with van der Waals surface area (Å²) < 4.78 is 6.36. The fourth-order valence-corrected chi connectivity index (χ4v) is 2.44. The summed E-state index contributed by atoms with van der Waals surface area (Å²) in [7, 11) is 1.68. The number of benzene rings is 1. The molecule has 4 nitrogen and oxygen atoms in total. The molecular formula is C15H24BrN3O. The van der Waals surface area contributed by atoms with E-state index in [-0.39, 0.29) is 5.84 Å². The van der Waals surface area contributed by atoms with E-state index in [1.54, 1.807) is 7.11 Å². The summed E-state index contributed by atoms with van der Waals surface area (Å²) in [6, 6.07) is 5.99. The third kappa shape index (κ3) is 5.92. The summed E-state index contributed by atoms with van der Waals surface area (Å²) in [6.07, 6.45) is 0.605. The first kappa shape index (κ1) is 17.0. The maximum Gasteiger partial charge on any atom is 0.119 e. The maximum absolute atomic E-state index is 7.38. The number of nitrogens with one attached hydrogen (secondary N) is 1. The molecule has 1 aromatic rings. The normalized spacial score (nSPS) is 11.1. The van der Waals surface area contributed by atoms with Gasteiger partial charge in [-0.2, -0.15) is 0 Å². The predicted molar refractivity (Wildman–Crippen MR) is 87.3 cm³/mol. The van der Waals surface area contributed by atoms with Gasteiger partial charge in [0.25, 0.3) is 0 Å². The van der Waals surface area contributed by atoms with Crippen molar-refractivity contribution in [1.82, 2.24) is 4.90 Å². The molecule has 0 aliphatic carbocycles. The molecule has 112 valence electrons. The molecule has 0 atom stereocenters. The Morgan fingerprint density at radius 2 is 2.15 bits per heavy atom. The second-order valence-corrected chi connectivity index (χ2v) is 6.22. The highest BCUT2D eigenvalue weighted by molar-refractivity contribution is 9.10. The van der Waals surface area contributed by atoms with Crippen molar-refractivity contribution >= 4 is 21.8 Å². The van der Waals surface area contributed by atoms with Crippen LogP contribution >= 0.6 is 15.9 Å². The lowest BCUT2D eigenvalue weighted by Gasteiger charge is -2.25. The van der Waals surface area contributed by atoms with Crippen LogP contribution in [0.5, 0.6) is 5.75 Å². The van der Waals surface area contributed by atoms with Crippen LogP contribution in [0.15, 0.2) is 22.7 Å². The third-order valence-corrected chi connectivity index (χ3v) is 3.74. The summed E-state index contributed by atoms with van der Waals surface area (Å²) in [4.78, 5) is 2.33. The Labute approximate surface area is 129 Å². The highest BCUT2D eigenvalue weighted by atomic mass is 79.9. The molecule has 0 radical (unpaired) electrons. The topological polar surface area (TPSA) is 62.3 Å². The molecule has 0 fully saturated rings. The quantitative estimate of drug-likeness (QED) is 0.563. The summed E-state index contributed by atoms with van der Waals surface area (Å²) in [5.41, 5.74) is 6.66. The molecule has 0 aromatic heterocycles. The Morgan fingerprint density at radius 1 is 1.45 bits per heavy atom. The zero-order chi connectivity index (χ0) is 15.1. The number of ether oxygens (including phenoxy) is 1. The smallest absolute Gasteiger partial charge is 0.119 e. The van der Waals surface area contributed by atoms with E-state index in [0.29, 0.717) is 12.3 Å². The van der Waals surface area contributed by atoms with Crippen molar-refractivity contribution in [2.24, 2.45) is 11.7 Å². The molecule has 0 aliphatic rings. The molecule has 0 saturated carbocycles. The van der Waals surface area contributed by atoms with E-state index < -0.39 is 0 Å². The van der Waals surface area contributed by atoms with Gasteiger partial charge in [0.2, 0.25) is 0 Å². The van der Waals surface area contributed by atoms with Gasteiger partial charge in [-0.1, -0.05) is 29.8 Å². The van der Waals surface area contributed by atoms with Gasteiger partial charge in [-0.25, -0.2) is 0 Å². The number of hydrogen-bond donors (Lipinski definition) is 2. The second-order valence-electron chi connectivity index (χ2n) is 5.36. The molecule has 0 bridgehead atoms. The largest absolute Gasteiger partial charge is 0.497 e. The Morgan fingerprint density at radius 3 is 2.70 bits per heavy atom. The van der Waals surface area contributed by atoms with Gasteiger partial charge in [0.1, 0.15) is 5.75 Å². The number of rotatable bonds is 8. The van der Waals surface area contributed by atoms with E-state index in [1.807, 2.05) is 18.2 Å². The van der Waals surface area contributed by atoms with E-state index in [1.165, 1.54) is 5.56 Å². The van der Waals surface area contributed by atoms with Gasteiger partial charge in [0.05, 0.1) is 12.9 Å². The molecular weight excluding hydrogens is 318 g/mol. The maximum atomic E-state index is 7.38. The van der Waals surface area contributed by atoms with Crippen LogP contribution in [0.1, 0.15) is 25.8 Å². The van der Waals surface area contributed by atoms with Crippen molar-refractivity contribution in [2.75, 3.05) is 20.2 Å². The Balaban J connectivity index is 2.79. The number of nitrogens with zero attached hydrogens (tertiary/aromatic N) is 1. The molecule has 0 amide bonds. The van der Waals surface area contributed by atoms with Crippen LogP contribution in [0.3, 0.4) is 0 Å². The van der Waals surface area contributed by atoms with E-state index in [2.05, 4.69) is 34.7 Å². The van der Waals surface area contributed by atoms with E-state index in [9.17, 15) is 0 Å². The van der Waals surface area contributed by atoms with Gasteiger partial charge in [0.15, 0.2) is 0 Å². The monoisotopic (exact) mass is 341 g/mol. The number of methoxy groups -OCH3 is 1. The molecule has 1 rings (SSSR count). The lowest BCUT2D eigenvalue weighted by Crippen LogP contribution is -2.31. The average Bonchev–Trinajstić information content (AvgIpc) is 2.37. The molecule has 5 heteroatoms. The molecule has 20 heavy (non-hydrogen) atoms. The highest BCUT2D eigenvalue weighted by Crippen LogP contribution is 2.24. The van der Waals surface area contributed by atoms with Crippen LogP contribution in [0, 0.1) is 11.3 Å². The molecule has 0 unspecified atom stereocenters. The SMILES string of the molecule is COc1ccc(Br)c(CN(CCC(=N)N)CC(C)C)c1. The summed E-state index contributed by atoms with van der Waals surface area (Å²) in [5.74, 6) is 1.68. The second kappa shape index (κ2) is 8.27. The van der Waals surface area contributed by atoms with Crippen LogP contribution in [0.2, 0.25) is 0 Å². The van der Waals surface area contributed by atoms with E-state index >= 15 is 0 Å². The van der Waals surface area contributed by atoms with Crippen molar-refractivity contribution < 1.29 is 4.74 Å².